The fourth-order valence-corrected chi connectivity index (χ4v) is 1.23. The van der Waals surface area contributed by atoms with Crippen molar-refractivity contribution in [3.63, 3.8) is 0 Å². The SMILES string of the molecule is COc1ccc(C2=NC2[N+](=O)[O-])cc1. The molecule has 1 unspecified atom stereocenters. The van der Waals surface area contributed by atoms with Crippen molar-refractivity contribution < 1.29 is 9.66 Å². The van der Waals surface area contributed by atoms with E-state index in [1.807, 2.05) is 0 Å². The summed E-state index contributed by atoms with van der Waals surface area (Å²) in [4.78, 5) is 13.7. The molecule has 0 aliphatic carbocycles. The van der Waals surface area contributed by atoms with E-state index in [1.165, 1.54) is 0 Å². The molecule has 0 radical (unpaired) electrons. The molecule has 0 bridgehead atoms. The van der Waals surface area contributed by atoms with Gasteiger partial charge < -0.3 is 4.74 Å². The maximum absolute atomic E-state index is 10.3. The lowest BCUT2D eigenvalue weighted by atomic mass is 10.1. The van der Waals surface area contributed by atoms with Crippen molar-refractivity contribution in [3.8, 4) is 5.75 Å². The van der Waals surface area contributed by atoms with Crippen LogP contribution in [0.4, 0.5) is 0 Å². The van der Waals surface area contributed by atoms with Crippen molar-refractivity contribution in [1.29, 1.82) is 0 Å². The Labute approximate surface area is 80.2 Å². The fourth-order valence-electron chi connectivity index (χ4n) is 1.23. The van der Waals surface area contributed by atoms with Gasteiger partial charge in [-0.15, -0.1) is 0 Å². The third-order valence-corrected chi connectivity index (χ3v) is 2.02. The highest BCUT2D eigenvalue weighted by molar-refractivity contribution is 6.12. The van der Waals surface area contributed by atoms with Crippen molar-refractivity contribution >= 4 is 5.71 Å². The number of aliphatic imine (C=N–C) groups is 1. The number of hydrogen-bond donors (Lipinski definition) is 0. The molecule has 72 valence electrons. The molecule has 0 spiro atoms. The molecule has 0 fully saturated rings. The van der Waals surface area contributed by atoms with E-state index in [0.29, 0.717) is 5.71 Å². The van der Waals surface area contributed by atoms with Crippen LogP contribution in [0.1, 0.15) is 5.56 Å². The summed E-state index contributed by atoms with van der Waals surface area (Å²) < 4.78 is 4.97. The summed E-state index contributed by atoms with van der Waals surface area (Å²) in [7, 11) is 1.57. The van der Waals surface area contributed by atoms with Crippen LogP contribution in [0, 0.1) is 10.1 Å². The molecule has 5 heteroatoms. The molecule has 0 saturated heterocycles. The van der Waals surface area contributed by atoms with Gasteiger partial charge in [0.05, 0.1) is 12.0 Å². The van der Waals surface area contributed by atoms with E-state index < -0.39 is 11.1 Å². The Hall–Kier alpha value is -1.91. The number of benzene rings is 1. The molecule has 2 rings (SSSR count). The number of hydrogen-bond acceptors (Lipinski definition) is 4. The van der Waals surface area contributed by atoms with Crippen molar-refractivity contribution in [2.24, 2.45) is 4.99 Å². The van der Waals surface area contributed by atoms with Gasteiger partial charge in [-0.25, -0.2) is 4.99 Å². The third-order valence-electron chi connectivity index (χ3n) is 2.02. The van der Waals surface area contributed by atoms with Gasteiger partial charge in [0, 0.05) is 5.56 Å². The molecular weight excluding hydrogens is 184 g/mol. The highest BCUT2D eigenvalue weighted by Crippen LogP contribution is 2.22. The quantitative estimate of drug-likeness (QED) is 0.532. The molecule has 1 aliphatic heterocycles. The first kappa shape index (κ1) is 8.68. The monoisotopic (exact) mass is 192 g/mol. The van der Waals surface area contributed by atoms with Crippen LogP contribution in [0.5, 0.6) is 5.75 Å². The molecule has 1 aliphatic rings. The van der Waals surface area contributed by atoms with E-state index in [1.54, 1.807) is 31.4 Å². The Kier molecular flexibility index (Phi) is 1.92. The summed E-state index contributed by atoms with van der Waals surface area (Å²) in [6.45, 7) is 0. The summed E-state index contributed by atoms with van der Waals surface area (Å²) in [6.07, 6.45) is -0.830. The standard InChI is InChI=1S/C9H8N2O3/c1-14-7-4-2-6(3-5-7)8-9(10-8)11(12)13/h2-5,9H,1H3. The van der Waals surface area contributed by atoms with E-state index in [2.05, 4.69) is 4.99 Å². The minimum atomic E-state index is -0.830. The first-order chi connectivity index (χ1) is 6.72. The molecule has 1 atom stereocenters. The van der Waals surface area contributed by atoms with E-state index in [-0.39, 0.29) is 0 Å². The van der Waals surface area contributed by atoms with Crippen molar-refractivity contribution in [2.45, 2.75) is 6.17 Å². The summed E-state index contributed by atoms with van der Waals surface area (Å²) in [6, 6.07) is 7.04. The molecule has 0 amide bonds. The lowest BCUT2D eigenvalue weighted by molar-refractivity contribution is -0.490. The molecule has 0 aromatic heterocycles. The predicted octanol–water partition coefficient (Wildman–Crippen LogP) is 1.10. The van der Waals surface area contributed by atoms with Crippen LogP contribution < -0.4 is 4.74 Å². The van der Waals surface area contributed by atoms with Crippen molar-refractivity contribution in [1.82, 2.24) is 0 Å². The average molecular weight is 192 g/mol. The van der Waals surface area contributed by atoms with Gasteiger partial charge >= 0.3 is 6.17 Å². The first-order valence-electron chi connectivity index (χ1n) is 4.08. The van der Waals surface area contributed by atoms with Crippen LogP contribution in [-0.4, -0.2) is 23.9 Å². The van der Waals surface area contributed by atoms with Crippen LogP contribution in [-0.2, 0) is 0 Å². The summed E-state index contributed by atoms with van der Waals surface area (Å²) >= 11 is 0. The van der Waals surface area contributed by atoms with Crippen LogP contribution in [0.3, 0.4) is 0 Å². The van der Waals surface area contributed by atoms with Crippen LogP contribution >= 0.6 is 0 Å². The van der Waals surface area contributed by atoms with Gasteiger partial charge in [0.15, 0.2) is 0 Å². The molecule has 1 heterocycles. The van der Waals surface area contributed by atoms with E-state index in [0.717, 1.165) is 11.3 Å². The lowest BCUT2D eigenvalue weighted by Gasteiger charge is -1.98. The second kappa shape index (κ2) is 3.10. The van der Waals surface area contributed by atoms with Gasteiger partial charge in [0.25, 0.3) is 0 Å². The van der Waals surface area contributed by atoms with Crippen molar-refractivity contribution in [3.05, 3.63) is 39.9 Å². The first-order valence-corrected chi connectivity index (χ1v) is 4.08. The Balaban J connectivity index is 2.13. The second-order valence-electron chi connectivity index (χ2n) is 2.90. The van der Waals surface area contributed by atoms with E-state index >= 15 is 0 Å². The van der Waals surface area contributed by atoms with Crippen LogP contribution in [0.25, 0.3) is 0 Å². The van der Waals surface area contributed by atoms with E-state index in [9.17, 15) is 10.1 Å². The zero-order valence-electron chi connectivity index (χ0n) is 7.51. The topological polar surface area (TPSA) is 64.7 Å². The fraction of sp³-hybridized carbons (Fsp3) is 0.222. The molecule has 1 aromatic rings. The van der Waals surface area contributed by atoms with Crippen molar-refractivity contribution in [2.75, 3.05) is 7.11 Å². The van der Waals surface area contributed by atoms with E-state index in [4.69, 9.17) is 4.74 Å². The van der Waals surface area contributed by atoms with Gasteiger partial charge in [-0.05, 0) is 24.3 Å². The maximum Gasteiger partial charge on any atom is 0.347 e. The maximum atomic E-state index is 10.3. The molecule has 5 nitrogen and oxygen atoms in total. The predicted molar refractivity (Wildman–Crippen MR) is 50.3 cm³/mol. The van der Waals surface area contributed by atoms with Gasteiger partial charge in [-0.2, -0.15) is 0 Å². The Morgan fingerprint density at radius 1 is 1.43 bits per heavy atom. The second-order valence-corrected chi connectivity index (χ2v) is 2.90. The van der Waals surface area contributed by atoms with Gasteiger partial charge in [0.1, 0.15) is 11.5 Å². The average Bonchev–Trinajstić information content (AvgIpc) is 2.97. The summed E-state index contributed by atoms with van der Waals surface area (Å²) in [5.74, 6) is 0.729. The van der Waals surface area contributed by atoms with Gasteiger partial charge in [-0.1, -0.05) is 0 Å². The number of ether oxygens (including phenoxy) is 1. The normalized spacial score (nSPS) is 18.6. The number of methoxy groups -OCH3 is 1. The largest absolute Gasteiger partial charge is 0.497 e. The Morgan fingerprint density at radius 3 is 2.50 bits per heavy atom. The van der Waals surface area contributed by atoms with Crippen LogP contribution in [0.2, 0.25) is 0 Å². The Bertz CT molecular complexity index is 397. The third kappa shape index (κ3) is 1.44. The minimum absolute atomic E-state index is 0.403. The van der Waals surface area contributed by atoms with Gasteiger partial charge in [-0.3, -0.25) is 10.1 Å². The zero-order valence-corrected chi connectivity index (χ0v) is 7.51. The lowest BCUT2D eigenvalue weighted by Crippen LogP contribution is -2.10. The molecule has 14 heavy (non-hydrogen) atoms. The Morgan fingerprint density at radius 2 is 2.07 bits per heavy atom. The number of rotatable bonds is 3. The number of nitrogens with zero attached hydrogens (tertiary/aromatic N) is 2. The summed E-state index contributed by atoms with van der Waals surface area (Å²) in [5.41, 5.74) is 1.32. The molecule has 0 saturated carbocycles. The summed E-state index contributed by atoms with van der Waals surface area (Å²) in [5, 5.41) is 10.3. The minimum Gasteiger partial charge on any atom is -0.497 e. The molecular formula is C9H8N2O3. The molecule has 1 aromatic carbocycles. The molecule has 0 N–H and O–H groups in total. The highest BCUT2D eigenvalue weighted by atomic mass is 16.6. The van der Waals surface area contributed by atoms with Crippen LogP contribution in [0.15, 0.2) is 29.3 Å². The van der Waals surface area contributed by atoms with Gasteiger partial charge in [0.2, 0.25) is 0 Å². The zero-order chi connectivity index (χ0) is 10.1. The highest BCUT2D eigenvalue weighted by Gasteiger charge is 2.40. The number of nitro groups is 1. The smallest absolute Gasteiger partial charge is 0.347 e.